The fraction of sp³-hybridized carbons (Fsp3) is 0.778. The fourth-order valence-electron chi connectivity index (χ4n) is 0.773. The Morgan fingerprint density at radius 3 is 2.86 bits per heavy atom. The average Bonchev–Trinajstić information content (AvgIpc) is 2.98. The molecule has 0 amide bonds. The highest BCUT2D eigenvalue weighted by Gasteiger charge is 2.23. The monoisotopic (exact) mass is 218 g/mol. The highest BCUT2D eigenvalue weighted by molar-refractivity contribution is 8.13. The minimum absolute atomic E-state index is 0.114. The number of hydrogen-bond acceptors (Lipinski definition) is 5. The first-order chi connectivity index (χ1) is 6.72. The van der Waals surface area contributed by atoms with Crippen molar-refractivity contribution in [2.45, 2.75) is 25.9 Å². The molecule has 1 rings (SSSR count). The molecule has 0 radical (unpaired) electrons. The highest BCUT2D eigenvalue weighted by atomic mass is 32.2. The summed E-state index contributed by atoms with van der Waals surface area (Å²) in [6, 6.07) is 0. The van der Waals surface area contributed by atoms with Crippen LogP contribution < -0.4 is 0 Å². The summed E-state index contributed by atoms with van der Waals surface area (Å²) >= 11 is 1.18. The van der Waals surface area contributed by atoms with Crippen molar-refractivity contribution < 1.29 is 19.1 Å². The number of ether oxygens (including phenoxy) is 2. The maximum Gasteiger partial charge on any atom is 0.306 e. The van der Waals surface area contributed by atoms with Gasteiger partial charge in [0.15, 0.2) is 5.12 Å². The third-order valence-corrected chi connectivity index (χ3v) is 2.71. The maximum atomic E-state index is 11.0. The third-order valence-electron chi connectivity index (χ3n) is 1.69. The summed E-state index contributed by atoms with van der Waals surface area (Å²) in [7, 11) is 0. The Morgan fingerprint density at radius 1 is 1.57 bits per heavy atom. The van der Waals surface area contributed by atoms with Gasteiger partial charge in [-0.25, -0.2) is 0 Å². The second kappa shape index (κ2) is 6.03. The third kappa shape index (κ3) is 5.24. The van der Waals surface area contributed by atoms with Gasteiger partial charge in [0.2, 0.25) is 0 Å². The standard InChI is InChI=1S/C9H14O4S/c1-2-9(11)14-4-3-8(10)13-6-7-5-12-7/h7H,2-6H2,1H3. The van der Waals surface area contributed by atoms with Crippen molar-refractivity contribution in [3.8, 4) is 0 Å². The summed E-state index contributed by atoms with van der Waals surface area (Å²) in [4.78, 5) is 21.9. The van der Waals surface area contributed by atoms with Crippen molar-refractivity contribution in [1.29, 1.82) is 0 Å². The Kier molecular flexibility index (Phi) is 4.97. The SMILES string of the molecule is CCC(=O)SCCC(=O)OCC1CO1. The van der Waals surface area contributed by atoms with Gasteiger partial charge in [0.1, 0.15) is 12.7 Å². The van der Waals surface area contributed by atoms with E-state index in [-0.39, 0.29) is 17.2 Å². The second-order valence-corrected chi connectivity index (χ2v) is 4.11. The summed E-state index contributed by atoms with van der Waals surface area (Å²) in [5, 5.41) is 0.114. The lowest BCUT2D eigenvalue weighted by Crippen LogP contribution is -2.10. The van der Waals surface area contributed by atoms with E-state index in [4.69, 9.17) is 9.47 Å². The molecule has 0 spiro atoms. The molecule has 0 bridgehead atoms. The van der Waals surface area contributed by atoms with Gasteiger partial charge in [-0.3, -0.25) is 9.59 Å². The van der Waals surface area contributed by atoms with Gasteiger partial charge in [0.25, 0.3) is 0 Å². The smallest absolute Gasteiger partial charge is 0.306 e. The van der Waals surface area contributed by atoms with E-state index in [1.165, 1.54) is 11.8 Å². The summed E-state index contributed by atoms with van der Waals surface area (Å²) in [6.45, 7) is 2.85. The lowest BCUT2D eigenvalue weighted by atomic mass is 10.5. The highest BCUT2D eigenvalue weighted by Crippen LogP contribution is 2.10. The second-order valence-electron chi connectivity index (χ2n) is 2.96. The van der Waals surface area contributed by atoms with Crippen LogP contribution in [0.15, 0.2) is 0 Å². The molecule has 4 nitrogen and oxygen atoms in total. The van der Waals surface area contributed by atoms with Crippen LogP contribution in [0, 0.1) is 0 Å². The summed E-state index contributed by atoms with van der Waals surface area (Å²) in [6.07, 6.45) is 0.919. The molecule has 1 saturated heterocycles. The van der Waals surface area contributed by atoms with Crippen LogP contribution in [0.4, 0.5) is 0 Å². The quantitative estimate of drug-likeness (QED) is 0.491. The van der Waals surface area contributed by atoms with Gasteiger partial charge in [0.05, 0.1) is 13.0 Å². The number of epoxide rings is 1. The van der Waals surface area contributed by atoms with Crippen molar-refractivity contribution in [3.05, 3.63) is 0 Å². The van der Waals surface area contributed by atoms with Crippen molar-refractivity contribution >= 4 is 22.8 Å². The van der Waals surface area contributed by atoms with Crippen LogP contribution in [0.2, 0.25) is 0 Å². The van der Waals surface area contributed by atoms with Gasteiger partial charge >= 0.3 is 5.97 Å². The zero-order valence-electron chi connectivity index (χ0n) is 8.15. The predicted octanol–water partition coefficient (Wildman–Crippen LogP) is 0.988. The number of esters is 1. The Morgan fingerprint density at radius 2 is 2.29 bits per heavy atom. The molecule has 1 aliphatic rings. The first kappa shape index (κ1) is 11.5. The molecular formula is C9H14O4S. The Balaban J connectivity index is 1.93. The van der Waals surface area contributed by atoms with E-state index >= 15 is 0 Å². The number of carbonyl (C=O) groups is 2. The Labute approximate surface area is 87.3 Å². The number of hydrogen-bond donors (Lipinski definition) is 0. The Bertz CT molecular complexity index is 213. The normalized spacial score (nSPS) is 19.1. The molecule has 1 unspecified atom stereocenters. The van der Waals surface area contributed by atoms with E-state index in [1.807, 2.05) is 0 Å². The van der Waals surface area contributed by atoms with Gasteiger partial charge in [-0.15, -0.1) is 0 Å². The van der Waals surface area contributed by atoms with Crippen LogP contribution in [0.25, 0.3) is 0 Å². The number of carbonyl (C=O) groups excluding carboxylic acids is 2. The zero-order chi connectivity index (χ0) is 10.4. The molecule has 1 atom stereocenters. The Hall–Kier alpha value is -0.550. The van der Waals surface area contributed by atoms with Crippen LogP contribution in [0.5, 0.6) is 0 Å². The predicted molar refractivity (Wildman–Crippen MR) is 53.1 cm³/mol. The first-order valence-electron chi connectivity index (χ1n) is 4.65. The van der Waals surface area contributed by atoms with E-state index in [0.717, 1.165) is 0 Å². The lowest BCUT2D eigenvalue weighted by molar-refractivity contribution is -0.143. The van der Waals surface area contributed by atoms with Crippen LogP contribution in [-0.2, 0) is 19.1 Å². The van der Waals surface area contributed by atoms with Crippen LogP contribution in [0.1, 0.15) is 19.8 Å². The van der Waals surface area contributed by atoms with Crippen molar-refractivity contribution in [3.63, 3.8) is 0 Å². The van der Waals surface area contributed by atoms with Crippen molar-refractivity contribution in [1.82, 2.24) is 0 Å². The van der Waals surface area contributed by atoms with Crippen LogP contribution >= 0.6 is 11.8 Å². The molecule has 0 N–H and O–H groups in total. The zero-order valence-corrected chi connectivity index (χ0v) is 8.97. The van der Waals surface area contributed by atoms with E-state index in [2.05, 4.69) is 0 Å². The summed E-state index contributed by atoms with van der Waals surface area (Å²) < 4.78 is 9.78. The van der Waals surface area contributed by atoms with Gasteiger partial charge < -0.3 is 9.47 Å². The van der Waals surface area contributed by atoms with Gasteiger partial charge in [-0.1, -0.05) is 18.7 Å². The van der Waals surface area contributed by atoms with E-state index < -0.39 is 0 Å². The average molecular weight is 218 g/mol. The summed E-state index contributed by atoms with van der Waals surface area (Å²) in [5.74, 6) is 0.258. The lowest BCUT2D eigenvalue weighted by Gasteiger charge is -2.01. The molecule has 0 aromatic heterocycles. The van der Waals surface area contributed by atoms with E-state index in [9.17, 15) is 9.59 Å². The molecule has 0 aromatic carbocycles. The molecular weight excluding hydrogens is 204 g/mol. The molecule has 1 fully saturated rings. The molecule has 80 valence electrons. The van der Waals surface area contributed by atoms with Gasteiger partial charge in [-0.05, 0) is 0 Å². The maximum absolute atomic E-state index is 11.0. The van der Waals surface area contributed by atoms with Crippen LogP contribution in [0.3, 0.4) is 0 Å². The van der Waals surface area contributed by atoms with E-state index in [0.29, 0.717) is 31.8 Å². The molecule has 0 aliphatic carbocycles. The fourth-order valence-corrected chi connectivity index (χ4v) is 1.47. The summed E-state index contributed by atoms with van der Waals surface area (Å²) in [5.41, 5.74) is 0. The molecule has 14 heavy (non-hydrogen) atoms. The molecule has 0 aromatic rings. The van der Waals surface area contributed by atoms with Gasteiger partial charge in [0, 0.05) is 12.2 Å². The minimum Gasteiger partial charge on any atom is -0.463 e. The van der Waals surface area contributed by atoms with Crippen molar-refractivity contribution in [2.75, 3.05) is 19.0 Å². The minimum atomic E-state index is -0.253. The van der Waals surface area contributed by atoms with Crippen LogP contribution in [-0.4, -0.2) is 36.2 Å². The topological polar surface area (TPSA) is 55.9 Å². The molecule has 1 heterocycles. The number of rotatable bonds is 6. The first-order valence-corrected chi connectivity index (χ1v) is 5.63. The molecule has 1 aliphatic heterocycles. The number of thioether (sulfide) groups is 1. The molecule has 0 saturated carbocycles. The molecule has 5 heteroatoms. The van der Waals surface area contributed by atoms with Gasteiger partial charge in [-0.2, -0.15) is 0 Å². The van der Waals surface area contributed by atoms with E-state index in [1.54, 1.807) is 6.92 Å². The van der Waals surface area contributed by atoms with Crippen molar-refractivity contribution in [2.24, 2.45) is 0 Å². The largest absolute Gasteiger partial charge is 0.463 e.